The average molecular weight is 391 g/mol. The summed E-state index contributed by atoms with van der Waals surface area (Å²) in [4.78, 5) is 0. The summed E-state index contributed by atoms with van der Waals surface area (Å²) < 4.78 is 47.6. The van der Waals surface area contributed by atoms with Crippen molar-refractivity contribution in [2.75, 3.05) is 0 Å². The molecule has 0 aromatic carbocycles. The van der Waals surface area contributed by atoms with E-state index in [-0.39, 0.29) is 0 Å². The Balaban J connectivity index is 0. The highest BCUT2D eigenvalue weighted by atomic mass is 35.5. The van der Waals surface area contributed by atoms with E-state index in [0.717, 1.165) is 0 Å². The zero-order valence-electron chi connectivity index (χ0n) is 6.54. The van der Waals surface area contributed by atoms with Gasteiger partial charge in [-0.3, -0.25) is 0 Å². The van der Waals surface area contributed by atoms with E-state index in [4.69, 9.17) is 0 Å². The second-order valence-corrected chi connectivity index (χ2v) is 6.17. The van der Waals surface area contributed by atoms with Crippen molar-refractivity contribution in [3.8, 4) is 0 Å². The highest BCUT2D eigenvalue weighted by molar-refractivity contribution is 6.60. The molecule has 0 aliphatic heterocycles. The van der Waals surface area contributed by atoms with Gasteiger partial charge in [0.25, 0.3) is 0 Å². The SMILES string of the molecule is FC(Cl)(Cl)C(F)(Cl)Cl.FC(F)(Cl)C(F)(Cl)Cl. The van der Waals surface area contributed by atoms with Crippen molar-refractivity contribution in [2.24, 2.45) is 0 Å². The Kier molecular flexibility index (Phi) is 7.78. The second-order valence-electron chi connectivity index (χ2n) is 1.99. The minimum Gasteiger partial charge on any atom is -0.201 e. The monoisotopic (exact) mass is 388 g/mol. The summed E-state index contributed by atoms with van der Waals surface area (Å²) in [6, 6.07) is 0. The number of halogens is 12. The molecule has 0 rings (SSSR count). The lowest BCUT2D eigenvalue weighted by molar-refractivity contribution is 0.0241. The van der Waals surface area contributed by atoms with Gasteiger partial charge in [-0.2, -0.15) is 13.2 Å². The summed E-state index contributed by atoms with van der Waals surface area (Å²) in [6.07, 6.45) is 0. The highest BCUT2D eigenvalue weighted by Crippen LogP contribution is 2.44. The Morgan fingerprint density at radius 1 is 0.438 bits per heavy atom. The molecule has 0 aliphatic rings. The van der Waals surface area contributed by atoms with E-state index in [0.29, 0.717) is 0 Å². The van der Waals surface area contributed by atoms with Gasteiger partial charge in [0.2, 0.25) is 0 Å². The van der Waals surface area contributed by atoms with E-state index in [2.05, 4.69) is 81.2 Å². The van der Waals surface area contributed by atoms with Crippen molar-refractivity contribution in [3.63, 3.8) is 0 Å². The third kappa shape index (κ3) is 8.72. The Hall–Kier alpha value is 1.68. The zero-order chi connectivity index (χ0) is 14.0. The van der Waals surface area contributed by atoms with Gasteiger partial charge in [0.15, 0.2) is 0 Å². The molecule has 0 aliphatic carbocycles. The molecule has 0 fully saturated rings. The zero-order valence-corrected chi connectivity index (χ0v) is 11.8. The summed E-state index contributed by atoms with van der Waals surface area (Å²) in [5, 5.41) is -4.23. The molecular weight excluding hydrogens is 391 g/mol. The molecular formula is C4Cl7F5. The van der Waals surface area contributed by atoms with Gasteiger partial charge >= 0.3 is 19.1 Å². The third-order valence-electron chi connectivity index (χ3n) is 0.643. The average Bonchev–Trinajstić information content (AvgIpc) is 1.77. The smallest absolute Gasteiger partial charge is 0.201 e. The van der Waals surface area contributed by atoms with Gasteiger partial charge in [0.05, 0.1) is 0 Å². The summed E-state index contributed by atoms with van der Waals surface area (Å²) >= 11 is 30.4. The topological polar surface area (TPSA) is 0 Å². The maximum Gasteiger partial charge on any atom is 0.383 e. The van der Waals surface area contributed by atoms with Crippen LogP contribution in [0.3, 0.4) is 0 Å². The van der Waals surface area contributed by atoms with Crippen LogP contribution in [-0.4, -0.2) is 19.1 Å². The van der Waals surface area contributed by atoms with Crippen LogP contribution < -0.4 is 0 Å². The van der Waals surface area contributed by atoms with Crippen molar-refractivity contribution in [2.45, 2.75) is 19.1 Å². The first kappa shape index (κ1) is 20.0. The van der Waals surface area contributed by atoms with E-state index in [1.807, 2.05) is 0 Å². The van der Waals surface area contributed by atoms with Crippen molar-refractivity contribution in [1.29, 1.82) is 0 Å². The molecule has 0 bridgehead atoms. The molecule has 0 unspecified atom stereocenters. The van der Waals surface area contributed by atoms with Gasteiger partial charge in [-0.15, -0.1) is 0 Å². The van der Waals surface area contributed by atoms with E-state index >= 15 is 0 Å². The van der Waals surface area contributed by atoms with Gasteiger partial charge in [0.1, 0.15) is 0 Å². The van der Waals surface area contributed by atoms with E-state index < -0.39 is 19.1 Å². The largest absolute Gasteiger partial charge is 0.383 e. The minimum absolute atomic E-state index is 3.25. The lowest BCUT2D eigenvalue weighted by Gasteiger charge is -2.15. The summed E-state index contributed by atoms with van der Waals surface area (Å²) in [6.45, 7) is 0. The van der Waals surface area contributed by atoms with Crippen LogP contribution in [-0.2, 0) is 0 Å². The Morgan fingerprint density at radius 2 is 0.562 bits per heavy atom. The highest BCUT2D eigenvalue weighted by Gasteiger charge is 2.51. The number of hydrogen-bond donors (Lipinski definition) is 0. The van der Waals surface area contributed by atoms with Crippen molar-refractivity contribution in [1.82, 2.24) is 0 Å². The van der Waals surface area contributed by atoms with E-state index in [1.54, 1.807) is 0 Å². The molecule has 0 heterocycles. The van der Waals surface area contributed by atoms with Crippen molar-refractivity contribution in [3.05, 3.63) is 0 Å². The lowest BCUT2D eigenvalue weighted by atomic mass is 10.8. The maximum atomic E-state index is 11.8. The van der Waals surface area contributed by atoms with Crippen LogP contribution in [0.5, 0.6) is 0 Å². The van der Waals surface area contributed by atoms with Gasteiger partial charge in [-0.1, -0.05) is 69.6 Å². The fourth-order valence-electron chi connectivity index (χ4n) is 0. The van der Waals surface area contributed by atoms with Gasteiger partial charge < -0.3 is 0 Å². The molecule has 0 amide bonds. The minimum atomic E-state index is -4.23. The van der Waals surface area contributed by atoms with Gasteiger partial charge in [-0.05, 0) is 11.6 Å². The molecule has 0 atom stereocenters. The van der Waals surface area contributed by atoms with Crippen LogP contribution in [0.2, 0.25) is 0 Å². The quantitative estimate of drug-likeness (QED) is 0.394. The van der Waals surface area contributed by atoms with Crippen LogP contribution in [0.15, 0.2) is 0 Å². The molecule has 0 radical (unpaired) electrons. The molecule has 0 aromatic rings. The fraction of sp³-hybridized carbons (Fsp3) is 1.00. The van der Waals surface area contributed by atoms with Crippen LogP contribution in [0.1, 0.15) is 0 Å². The van der Waals surface area contributed by atoms with E-state index in [1.165, 1.54) is 0 Å². The fourth-order valence-corrected chi connectivity index (χ4v) is 0. The molecule has 12 heteroatoms. The van der Waals surface area contributed by atoms with Gasteiger partial charge in [0, 0.05) is 0 Å². The Labute approximate surface area is 122 Å². The van der Waals surface area contributed by atoms with E-state index in [9.17, 15) is 22.0 Å². The number of alkyl halides is 12. The summed E-state index contributed by atoms with van der Waals surface area (Å²) in [5.74, 6) is 0. The molecule has 100 valence electrons. The van der Waals surface area contributed by atoms with Crippen LogP contribution in [0, 0.1) is 0 Å². The number of rotatable bonds is 2. The predicted molar refractivity (Wildman–Crippen MR) is 57.4 cm³/mol. The first-order chi connectivity index (χ1) is 6.50. The summed E-state index contributed by atoms with van der Waals surface area (Å²) in [5.41, 5.74) is 0. The van der Waals surface area contributed by atoms with Crippen LogP contribution >= 0.6 is 81.2 Å². The Morgan fingerprint density at radius 3 is 0.562 bits per heavy atom. The Bertz CT molecular complexity index is 159. The third-order valence-corrected chi connectivity index (χ3v) is 3.00. The van der Waals surface area contributed by atoms with Crippen LogP contribution in [0.4, 0.5) is 22.0 Å². The molecule has 0 saturated heterocycles. The molecule has 0 nitrogen and oxygen atoms in total. The van der Waals surface area contributed by atoms with Crippen molar-refractivity contribution >= 4 is 81.2 Å². The first-order valence-corrected chi connectivity index (χ1v) is 5.41. The second kappa shape index (κ2) is 6.22. The first-order valence-electron chi connectivity index (χ1n) is 2.77. The molecule has 16 heavy (non-hydrogen) atoms. The van der Waals surface area contributed by atoms with Gasteiger partial charge in [-0.25, -0.2) is 8.78 Å². The maximum absolute atomic E-state index is 11.8. The number of hydrogen-bond acceptors (Lipinski definition) is 0. The predicted octanol–water partition coefficient (Wildman–Crippen LogP) is 6.11. The lowest BCUT2D eigenvalue weighted by Crippen LogP contribution is -2.27. The van der Waals surface area contributed by atoms with Crippen LogP contribution in [0.25, 0.3) is 0 Å². The summed E-state index contributed by atoms with van der Waals surface area (Å²) in [7, 11) is 0. The standard InChI is InChI=1S/C2Cl4F2.C2Cl3F3/c3-1(4,7)2(5,6)8;3-1(4,6)2(5,7)8. The molecule has 0 spiro atoms. The molecule has 0 aromatic heterocycles. The van der Waals surface area contributed by atoms with Crippen molar-refractivity contribution < 1.29 is 22.0 Å². The molecule has 0 saturated carbocycles. The normalized spacial score (nSPS) is 14.2. The molecule has 0 N–H and O–H groups in total.